The molecular weight excluding hydrogens is 275 g/mol. The molecule has 0 saturated carbocycles. The van der Waals surface area contributed by atoms with Crippen molar-refractivity contribution in [2.24, 2.45) is 0 Å². The van der Waals surface area contributed by atoms with Gasteiger partial charge < -0.3 is 15.7 Å². The first-order chi connectivity index (χ1) is 10.0. The van der Waals surface area contributed by atoms with E-state index in [1.807, 2.05) is 0 Å². The molecule has 0 radical (unpaired) electrons. The van der Waals surface area contributed by atoms with Gasteiger partial charge in [0.05, 0.1) is 16.8 Å². The van der Waals surface area contributed by atoms with E-state index in [0.717, 1.165) is 18.2 Å². The predicted octanol–water partition coefficient (Wildman–Crippen LogP) is 2.82. The predicted molar refractivity (Wildman–Crippen MR) is 77.3 cm³/mol. The highest BCUT2D eigenvalue weighted by Gasteiger charge is 2.14. The van der Waals surface area contributed by atoms with Gasteiger partial charge in [-0.25, -0.2) is 9.18 Å². The molecule has 108 valence electrons. The number of carboxylic acids is 1. The van der Waals surface area contributed by atoms with Gasteiger partial charge in [0.2, 0.25) is 0 Å². The lowest BCUT2D eigenvalue weighted by molar-refractivity contribution is 0.0696. The van der Waals surface area contributed by atoms with E-state index in [1.165, 1.54) is 0 Å². The summed E-state index contributed by atoms with van der Waals surface area (Å²) in [5.74, 6) is -2.42. The second-order valence-electron chi connectivity index (χ2n) is 4.25. The lowest BCUT2D eigenvalue weighted by atomic mass is 10.1. The van der Waals surface area contributed by atoms with Gasteiger partial charge in [-0.15, -0.1) is 0 Å². The van der Waals surface area contributed by atoms with Gasteiger partial charge in [-0.2, -0.15) is 0 Å². The number of hydrogen-bond donors (Lipinski definition) is 3. The highest BCUT2D eigenvalue weighted by atomic mass is 19.1. The summed E-state index contributed by atoms with van der Waals surface area (Å²) in [6, 6.07) is 9.95. The van der Waals surface area contributed by atoms with Crippen molar-refractivity contribution in [2.45, 2.75) is 0 Å². The van der Waals surface area contributed by atoms with Crippen LogP contribution in [0.15, 0.2) is 42.5 Å². The molecule has 0 saturated heterocycles. The molecule has 2 aromatic carbocycles. The van der Waals surface area contributed by atoms with Gasteiger partial charge in [-0.1, -0.05) is 12.1 Å². The Balaban J connectivity index is 2.31. The topological polar surface area (TPSA) is 78.4 Å². The number of anilines is 2. The summed E-state index contributed by atoms with van der Waals surface area (Å²) >= 11 is 0. The molecule has 0 fully saturated rings. The maximum atomic E-state index is 13.7. The van der Waals surface area contributed by atoms with Gasteiger partial charge in [-0.05, 0) is 30.3 Å². The van der Waals surface area contributed by atoms with Gasteiger partial charge in [0.15, 0.2) is 0 Å². The minimum Gasteiger partial charge on any atom is -0.478 e. The second kappa shape index (κ2) is 6.04. The molecule has 0 aliphatic heterocycles. The van der Waals surface area contributed by atoms with Crippen LogP contribution in [0.1, 0.15) is 20.7 Å². The summed E-state index contributed by atoms with van der Waals surface area (Å²) < 4.78 is 13.7. The van der Waals surface area contributed by atoms with Gasteiger partial charge in [0, 0.05) is 12.7 Å². The van der Waals surface area contributed by atoms with Crippen LogP contribution in [-0.4, -0.2) is 24.0 Å². The first-order valence-electron chi connectivity index (χ1n) is 6.14. The minimum atomic E-state index is -1.19. The molecule has 0 unspecified atom stereocenters. The molecule has 0 aliphatic rings. The summed E-state index contributed by atoms with van der Waals surface area (Å²) in [6.45, 7) is 0. The van der Waals surface area contributed by atoms with Crippen molar-refractivity contribution in [3.63, 3.8) is 0 Å². The number of nitrogens with one attached hydrogen (secondary N) is 2. The highest BCUT2D eigenvalue weighted by molar-refractivity contribution is 6.08. The van der Waals surface area contributed by atoms with Crippen molar-refractivity contribution < 1.29 is 19.1 Å². The third-order valence-electron chi connectivity index (χ3n) is 2.90. The number of amides is 1. The highest BCUT2D eigenvalue weighted by Crippen LogP contribution is 2.20. The van der Waals surface area contributed by atoms with Crippen molar-refractivity contribution in [1.29, 1.82) is 0 Å². The average Bonchev–Trinajstić information content (AvgIpc) is 2.49. The number of halogens is 1. The summed E-state index contributed by atoms with van der Waals surface area (Å²) in [4.78, 5) is 23.0. The van der Waals surface area contributed by atoms with Crippen LogP contribution in [0, 0.1) is 5.82 Å². The molecule has 5 nitrogen and oxygen atoms in total. The first kappa shape index (κ1) is 14.5. The van der Waals surface area contributed by atoms with Crippen molar-refractivity contribution in [3.05, 3.63) is 59.4 Å². The Morgan fingerprint density at radius 1 is 1.10 bits per heavy atom. The zero-order valence-corrected chi connectivity index (χ0v) is 11.2. The Morgan fingerprint density at radius 3 is 2.48 bits per heavy atom. The van der Waals surface area contributed by atoms with Crippen LogP contribution in [0.2, 0.25) is 0 Å². The number of carboxylic acid groups (broad SMARTS) is 1. The molecule has 2 rings (SSSR count). The Labute approximate surface area is 120 Å². The van der Waals surface area contributed by atoms with Crippen LogP contribution in [0.5, 0.6) is 0 Å². The lowest BCUT2D eigenvalue weighted by Gasteiger charge is -2.10. The van der Waals surface area contributed by atoms with Crippen molar-refractivity contribution in [1.82, 2.24) is 0 Å². The normalized spacial score (nSPS) is 10.0. The van der Waals surface area contributed by atoms with Gasteiger partial charge in [-0.3, -0.25) is 4.79 Å². The fourth-order valence-electron chi connectivity index (χ4n) is 1.84. The standard InChI is InChI=1S/C15H13FN2O3/c1-17-12-5-3-2-4-10(12)14(19)18-13-8-9(15(20)21)6-7-11(13)16/h2-8,17H,1H3,(H,18,19)(H,20,21). The monoisotopic (exact) mass is 288 g/mol. The number of carbonyl (C=O) groups is 2. The van der Waals surface area contributed by atoms with Gasteiger partial charge >= 0.3 is 5.97 Å². The summed E-state index contributed by atoms with van der Waals surface area (Å²) in [7, 11) is 1.66. The molecule has 2 aromatic rings. The van der Waals surface area contributed by atoms with Crippen LogP contribution >= 0.6 is 0 Å². The van der Waals surface area contributed by atoms with Crippen molar-refractivity contribution >= 4 is 23.3 Å². The SMILES string of the molecule is CNc1ccccc1C(=O)Nc1cc(C(=O)O)ccc1F. The molecule has 0 aromatic heterocycles. The fourth-order valence-corrected chi connectivity index (χ4v) is 1.84. The van der Waals surface area contributed by atoms with E-state index in [4.69, 9.17) is 5.11 Å². The molecule has 0 aliphatic carbocycles. The molecule has 6 heteroatoms. The Kier molecular flexibility index (Phi) is 4.18. The molecule has 0 bridgehead atoms. The quantitative estimate of drug-likeness (QED) is 0.808. The van der Waals surface area contributed by atoms with Crippen LogP contribution in [0.3, 0.4) is 0 Å². The lowest BCUT2D eigenvalue weighted by Crippen LogP contribution is -2.15. The van der Waals surface area contributed by atoms with E-state index in [9.17, 15) is 14.0 Å². The van der Waals surface area contributed by atoms with E-state index in [0.29, 0.717) is 11.3 Å². The van der Waals surface area contributed by atoms with Crippen LogP contribution in [0.4, 0.5) is 15.8 Å². The Hall–Kier alpha value is -2.89. The Bertz CT molecular complexity index is 701. The second-order valence-corrected chi connectivity index (χ2v) is 4.25. The maximum Gasteiger partial charge on any atom is 0.335 e. The van der Waals surface area contributed by atoms with Crippen molar-refractivity contribution in [2.75, 3.05) is 17.7 Å². The number of aromatic carboxylic acids is 1. The fraction of sp³-hybridized carbons (Fsp3) is 0.0667. The summed E-state index contributed by atoms with van der Waals surface area (Å²) in [6.07, 6.45) is 0. The van der Waals surface area contributed by atoms with E-state index < -0.39 is 17.7 Å². The number of hydrogen-bond acceptors (Lipinski definition) is 3. The number of carbonyl (C=O) groups excluding carboxylic acids is 1. The van der Waals surface area contributed by atoms with E-state index in [-0.39, 0.29) is 11.3 Å². The van der Waals surface area contributed by atoms with E-state index >= 15 is 0 Å². The molecule has 1 amide bonds. The zero-order valence-electron chi connectivity index (χ0n) is 11.2. The van der Waals surface area contributed by atoms with Crippen LogP contribution in [-0.2, 0) is 0 Å². The molecule has 0 atom stereocenters. The van der Waals surface area contributed by atoms with Gasteiger partial charge in [0.25, 0.3) is 5.91 Å². The van der Waals surface area contributed by atoms with Gasteiger partial charge in [0.1, 0.15) is 5.82 Å². The largest absolute Gasteiger partial charge is 0.478 e. The maximum absolute atomic E-state index is 13.7. The zero-order chi connectivity index (χ0) is 15.4. The third kappa shape index (κ3) is 3.17. The number of para-hydroxylation sites is 1. The van der Waals surface area contributed by atoms with Crippen molar-refractivity contribution in [3.8, 4) is 0 Å². The molecule has 21 heavy (non-hydrogen) atoms. The smallest absolute Gasteiger partial charge is 0.335 e. The van der Waals surface area contributed by atoms with E-state index in [1.54, 1.807) is 31.3 Å². The minimum absolute atomic E-state index is 0.103. The molecular formula is C15H13FN2O3. The molecule has 0 spiro atoms. The van der Waals surface area contributed by atoms with Crippen LogP contribution in [0.25, 0.3) is 0 Å². The third-order valence-corrected chi connectivity index (χ3v) is 2.90. The number of benzene rings is 2. The number of rotatable bonds is 4. The van der Waals surface area contributed by atoms with Crippen LogP contribution < -0.4 is 10.6 Å². The summed E-state index contributed by atoms with van der Waals surface area (Å²) in [5.41, 5.74) is 0.643. The van der Waals surface area contributed by atoms with E-state index in [2.05, 4.69) is 10.6 Å². The Morgan fingerprint density at radius 2 is 1.81 bits per heavy atom. The first-order valence-corrected chi connectivity index (χ1v) is 6.14. The molecule has 0 heterocycles. The summed E-state index contributed by atoms with van der Waals surface area (Å²) in [5, 5.41) is 14.1. The molecule has 3 N–H and O–H groups in total. The average molecular weight is 288 g/mol.